The summed E-state index contributed by atoms with van der Waals surface area (Å²) in [7, 11) is 0. The quantitative estimate of drug-likeness (QED) is 0.367. The number of hydrogen-bond donors (Lipinski definition) is 0. The minimum atomic E-state index is 0.795. The third kappa shape index (κ3) is 6.58. The molecule has 0 saturated heterocycles. The summed E-state index contributed by atoms with van der Waals surface area (Å²) < 4.78 is 0. The molecule has 0 aromatic heterocycles. The summed E-state index contributed by atoms with van der Waals surface area (Å²) in [5, 5.41) is 2.75. The number of benzene rings is 2. The van der Waals surface area contributed by atoms with Crippen molar-refractivity contribution in [3.8, 4) is 0 Å². The van der Waals surface area contributed by atoms with Gasteiger partial charge in [-0.05, 0) is 0 Å². The van der Waals surface area contributed by atoms with E-state index < -0.39 is 0 Å². The molecule has 0 bridgehead atoms. The van der Waals surface area contributed by atoms with E-state index in [1.165, 1.54) is 31.9 Å². The van der Waals surface area contributed by atoms with Crippen molar-refractivity contribution < 1.29 is 0 Å². The van der Waals surface area contributed by atoms with Gasteiger partial charge in [-0.25, -0.2) is 0 Å². The zero-order valence-corrected chi connectivity index (χ0v) is 14.2. The van der Waals surface area contributed by atoms with Crippen molar-refractivity contribution >= 4 is 38.5 Å². The fourth-order valence-corrected chi connectivity index (χ4v) is 6.11. The van der Waals surface area contributed by atoms with Gasteiger partial charge in [0.1, 0.15) is 0 Å². The molecule has 0 aliphatic rings. The average Bonchev–Trinajstić information content (AvgIpc) is 2.48. The molecule has 0 N–H and O–H groups in total. The van der Waals surface area contributed by atoms with Gasteiger partial charge in [0.05, 0.1) is 0 Å². The molecular formula is C16H18S2Se. The van der Waals surface area contributed by atoms with E-state index in [9.17, 15) is 0 Å². The third-order valence-electron chi connectivity index (χ3n) is 2.48. The second-order valence-electron chi connectivity index (χ2n) is 3.94. The summed E-state index contributed by atoms with van der Waals surface area (Å²) in [4.78, 5) is 2.80. The van der Waals surface area contributed by atoms with Crippen LogP contribution in [-0.4, -0.2) is 26.5 Å². The molecular weight excluding hydrogens is 335 g/mol. The molecule has 0 unspecified atom stereocenters. The topological polar surface area (TPSA) is 0 Å². The molecule has 0 heterocycles. The predicted octanol–water partition coefficient (Wildman–Crippen LogP) is 5.11. The normalized spacial score (nSPS) is 10.5. The van der Waals surface area contributed by atoms with Crippen molar-refractivity contribution in [2.75, 3.05) is 11.5 Å². The van der Waals surface area contributed by atoms with Crippen LogP contribution in [0.4, 0.5) is 0 Å². The molecule has 19 heavy (non-hydrogen) atoms. The Balaban J connectivity index is 1.49. The Morgan fingerprint density at radius 2 is 1.05 bits per heavy atom. The molecule has 0 aliphatic carbocycles. The van der Waals surface area contributed by atoms with Crippen LogP contribution in [0.15, 0.2) is 70.5 Å². The number of thioether (sulfide) groups is 2. The van der Waals surface area contributed by atoms with Crippen LogP contribution in [0.25, 0.3) is 0 Å². The first-order valence-electron chi connectivity index (χ1n) is 6.38. The molecule has 0 aliphatic heterocycles. The van der Waals surface area contributed by atoms with Gasteiger partial charge in [0.2, 0.25) is 0 Å². The minimum absolute atomic E-state index is 0.795. The van der Waals surface area contributed by atoms with Crippen LogP contribution in [0.2, 0.25) is 10.6 Å². The second-order valence-corrected chi connectivity index (χ2v) is 8.84. The molecule has 100 valence electrons. The first-order chi connectivity index (χ1) is 9.45. The van der Waals surface area contributed by atoms with Crippen molar-refractivity contribution in [2.45, 2.75) is 20.4 Å². The Morgan fingerprint density at radius 1 is 0.632 bits per heavy atom. The monoisotopic (exact) mass is 354 g/mol. The van der Waals surface area contributed by atoms with Crippen LogP contribution in [-0.2, 0) is 0 Å². The molecule has 0 spiro atoms. The summed E-state index contributed by atoms with van der Waals surface area (Å²) >= 11 is 4.76. The molecule has 2 rings (SSSR count). The van der Waals surface area contributed by atoms with E-state index in [0.717, 1.165) is 15.0 Å². The molecule has 3 heteroatoms. The van der Waals surface area contributed by atoms with Crippen LogP contribution >= 0.6 is 23.5 Å². The first-order valence-corrected chi connectivity index (χ1v) is 10.8. The SMILES string of the molecule is c1ccc(SCC[Se]CCSc2ccccc2)cc1. The molecule has 0 fully saturated rings. The van der Waals surface area contributed by atoms with Gasteiger partial charge in [0.25, 0.3) is 0 Å². The standard InChI is InChI=1S/C16H18S2Se/c1-3-7-15(8-4-1)17-11-13-19-14-12-18-16-9-5-2-6-10-16/h1-10H,11-14H2. The Bertz CT molecular complexity index is 401. The van der Waals surface area contributed by atoms with Crippen LogP contribution in [0.1, 0.15) is 0 Å². The number of rotatable bonds is 8. The van der Waals surface area contributed by atoms with Gasteiger partial charge in [-0.1, -0.05) is 0 Å². The van der Waals surface area contributed by atoms with Gasteiger partial charge < -0.3 is 0 Å². The summed E-state index contributed by atoms with van der Waals surface area (Å²) in [5.74, 6) is 2.53. The maximum atomic E-state index is 2.20. The fourth-order valence-electron chi connectivity index (χ4n) is 1.57. The van der Waals surface area contributed by atoms with Gasteiger partial charge in [0.15, 0.2) is 0 Å². The fraction of sp³-hybridized carbons (Fsp3) is 0.250. The van der Waals surface area contributed by atoms with Crippen molar-refractivity contribution in [3.63, 3.8) is 0 Å². The van der Waals surface area contributed by atoms with E-state index >= 15 is 0 Å². The van der Waals surface area contributed by atoms with Crippen LogP contribution in [0.3, 0.4) is 0 Å². The number of hydrogen-bond acceptors (Lipinski definition) is 2. The summed E-state index contributed by atoms with van der Waals surface area (Å²) in [6, 6.07) is 21.4. The summed E-state index contributed by atoms with van der Waals surface area (Å²) in [6.45, 7) is 0. The summed E-state index contributed by atoms with van der Waals surface area (Å²) in [6.07, 6.45) is 0. The van der Waals surface area contributed by atoms with Gasteiger partial charge >= 0.3 is 131 Å². The van der Waals surface area contributed by atoms with Gasteiger partial charge in [-0.2, -0.15) is 0 Å². The summed E-state index contributed by atoms with van der Waals surface area (Å²) in [5.41, 5.74) is 0. The van der Waals surface area contributed by atoms with E-state index in [1.807, 2.05) is 23.5 Å². The van der Waals surface area contributed by atoms with Crippen LogP contribution < -0.4 is 0 Å². The van der Waals surface area contributed by atoms with Gasteiger partial charge in [0, 0.05) is 0 Å². The molecule has 2 aromatic rings. The Labute approximate surface area is 130 Å². The van der Waals surface area contributed by atoms with Gasteiger partial charge in [-0.3, -0.25) is 0 Å². The molecule has 2 aromatic carbocycles. The zero-order chi connectivity index (χ0) is 13.2. The average molecular weight is 353 g/mol. The Kier molecular flexibility index (Phi) is 7.56. The molecule has 0 saturated carbocycles. The van der Waals surface area contributed by atoms with Crippen molar-refractivity contribution in [3.05, 3.63) is 60.7 Å². The third-order valence-corrected chi connectivity index (χ3v) is 7.74. The first kappa shape index (κ1) is 15.1. The van der Waals surface area contributed by atoms with Gasteiger partial charge in [-0.15, -0.1) is 0 Å². The van der Waals surface area contributed by atoms with E-state index in [1.54, 1.807) is 0 Å². The molecule has 0 radical (unpaired) electrons. The molecule has 0 nitrogen and oxygen atoms in total. The molecule has 0 amide bonds. The van der Waals surface area contributed by atoms with Crippen LogP contribution in [0.5, 0.6) is 0 Å². The Hall–Kier alpha value is -0.341. The van der Waals surface area contributed by atoms with E-state index in [4.69, 9.17) is 0 Å². The van der Waals surface area contributed by atoms with E-state index in [-0.39, 0.29) is 0 Å². The molecule has 0 atom stereocenters. The zero-order valence-electron chi connectivity index (χ0n) is 10.8. The van der Waals surface area contributed by atoms with E-state index in [0.29, 0.717) is 0 Å². The van der Waals surface area contributed by atoms with Crippen molar-refractivity contribution in [1.29, 1.82) is 0 Å². The van der Waals surface area contributed by atoms with Crippen molar-refractivity contribution in [2.24, 2.45) is 0 Å². The van der Waals surface area contributed by atoms with Crippen molar-refractivity contribution in [1.82, 2.24) is 0 Å². The van der Waals surface area contributed by atoms with E-state index in [2.05, 4.69) is 60.7 Å². The maximum absolute atomic E-state index is 2.20. The second kappa shape index (κ2) is 9.55. The predicted molar refractivity (Wildman–Crippen MR) is 89.7 cm³/mol. The Morgan fingerprint density at radius 3 is 1.47 bits per heavy atom. The van der Waals surface area contributed by atoms with Crippen LogP contribution in [0, 0.1) is 0 Å².